The predicted molar refractivity (Wildman–Crippen MR) is 34.4 cm³/mol. The van der Waals surface area contributed by atoms with Gasteiger partial charge in [-0.3, -0.25) is 5.43 Å². The monoisotopic (exact) mass is 112 g/mol. The van der Waals surface area contributed by atoms with E-state index in [-0.39, 0.29) is 0 Å². The van der Waals surface area contributed by atoms with Crippen LogP contribution in [0, 0.1) is 0 Å². The topological polar surface area (TPSA) is 15.3 Å². The number of nitrogens with one attached hydrogen (secondary N) is 1. The highest BCUT2D eigenvalue weighted by Gasteiger charge is 1.99. The van der Waals surface area contributed by atoms with Gasteiger partial charge in [-0.25, -0.2) is 5.01 Å². The molecule has 0 aromatic heterocycles. The molecule has 1 aliphatic heterocycles. The van der Waals surface area contributed by atoms with Crippen molar-refractivity contribution in [2.45, 2.75) is 6.42 Å². The molecule has 1 rings (SSSR count). The molecule has 0 radical (unpaired) electrons. The molecule has 0 bridgehead atoms. The molecular weight excluding hydrogens is 100 g/mol. The third-order valence-electron chi connectivity index (χ3n) is 1.37. The van der Waals surface area contributed by atoms with E-state index in [1.54, 1.807) is 0 Å². The van der Waals surface area contributed by atoms with Crippen molar-refractivity contribution in [1.82, 2.24) is 10.4 Å². The Morgan fingerprint density at radius 3 is 2.75 bits per heavy atom. The molecule has 2 nitrogen and oxygen atoms in total. The first-order valence-corrected chi connectivity index (χ1v) is 3.01. The summed E-state index contributed by atoms with van der Waals surface area (Å²) < 4.78 is 0. The van der Waals surface area contributed by atoms with Crippen LogP contribution in [-0.4, -0.2) is 25.1 Å². The van der Waals surface area contributed by atoms with E-state index in [0.29, 0.717) is 0 Å². The maximum Gasteiger partial charge on any atom is 0.0311 e. The van der Waals surface area contributed by atoms with Gasteiger partial charge in [0, 0.05) is 13.1 Å². The van der Waals surface area contributed by atoms with Crippen molar-refractivity contribution in [3.05, 3.63) is 12.2 Å². The summed E-state index contributed by atoms with van der Waals surface area (Å²) in [5.41, 5.74) is 3.09. The van der Waals surface area contributed by atoms with Gasteiger partial charge in [0.25, 0.3) is 0 Å². The molecule has 0 unspecified atom stereocenters. The molecule has 46 valence electrons. The van der Waals surface area contributed by atoms with Crippen LogP contribution in [0.25, 0.3) is 0 Å². The molecule has 0 aliphatic carbocycles. The molecule has 0 atom stereocenters. The van der Waals surface area contributed by atoms with Crippen LogP contribution in [0.2, 0.25) is 0 Å². The molecule has 0 amide bonds. The maximum atomic E-state index is 3.09. The second kappa shape index (κ2) is 2.84. The van der Waals surface area contributed by atoms with E-state index in [9.17, 15) is 0 Å². The fourth-order valence-electron chi connectivity index (χ4n) is 0.844. The van der Waals surface area contributed by atoms with E-state index in [0.717, 1.165) is 13.1 Å². The smallest absolute Gasteiger partial charge is 0.0311 e. The number of hydrazine groups is 1. The second-order valence-electron chi connectivity index (χ2n) is 1.93. The Kier molecular flexibility index (Phi) is 2.06. The van der Waals surface area contributed by atoms with E-state index in [4.69, 9.17) is 0 Å². The fraction of sp³-hybridized carbons (Fsp3) is 0.667. The predicted octanol–water partition coefficient (Wildman–Crippen LogP) is 0.383. The third kappa shape index (κ3) is 1.32. The Balaban J connectivity index is 2.27. The first kappa shape index (κ1) is 5.79. The lowest BCUT2D eigenvalue weighted by Gasteiger charge is -2.20. The van der Waals surface area contributed by atoms with Gasteiger partial charge in [-0.15, -0.1) is 0 Å². The van der Waals surface area contributed by atoms with E-state index in [2.05, 4.69) is 22.6 Å². The highest BCUT2D eigenvalue weighted by Crippen LogP contribution is 1.95. The Morgan fingerprint density at radius 1 is 1.50 bits per heavy atom. The van der Waals surface area contributed by atoms with Crippen molar-refractivity contribution < 1.29 is 0 Å². The number of hydrogen-bond donors (Lipinski definition) is 1. The highest BCUT2D eigenvalue weighted by molar-refractivity contribution is 4.89. The van der Waals surface area contributed by atoms with Crippen molar-refractivity contribution in [2.75, 3.05) is 20.1 Å². The van der Waals surface area contributed by atoms with Crippen molar-refractivity contribution in [1.29, 1.82) is 0 Å². The average Bonchev–Trinajstić information content (AvgIpc) is 1.90. The molecule has 2 heteroatoms. The summed E-state index contributed by atoms with van der Waals surface area (Å²) in [6.45, 7) is 2.20. The zero-order valence-electron chi connectivity index (χ0n) is 5.22. The lowest BCUT2D eigenvalue weighted by Crippen LogP contribution is -2.37. The molecule has 0 aromatic rings. The van der Waals surface area contributed by atoms with Crippen molar-refractivity contribution >= 4 is 0 Å². The summed E-state index contributed by atoms with van der Waals surface area (Å²) in [6, 6.07) is 0. The normalized spacial score (nSPS) is 21.6. The largest absolute Gasteiger partial charge is 0.258 e. The van der Waals surface area contributed by atoms with Crippen molar-refractivity contribution in [3.8, 4) is 0 Å². The first-order valence-electron chi connectivity index (χ1n) is 3.01. The Bertz CT molecular complexity index is 88.5. The Labute approximate surface area is 50.1 Å². The molecule has 8 heavy (non-hydrogen) atoms. The van der Waals surface area contributed by atoms with Gasteiger partial charge in [0.05, 0.1) is 0 Å². The molecule has 0 aromatic carbocycles. The van der Waals surface area contributed by atoms with E-state index in [1.165, 1.54) is 6.42 Å². The fourth-order valence-corrected chi connectivity index (χ4v) is 0.844. The quantitative estimate of drug-likeness (QED) is 0.493. The van der Waals surface area contributed by atoms with Crippen LogP contribution in [0.4, 0.5) is 0 Å². The van der Waals surface area contributed by atoms with E-state index < -0.39 is 0 Å². The minimum absolute atomic E-state index is 1.05. The number of rotatable bonds is 1. The lowest BCUT2D eigenvalue weighted by molar-refractivity contribution is 0.228. The van der Waals surface area contributed by atoms with E-state index >= 15 is 0 Å². The summed E-state index contributed by atoms with van der Waals surface area (Å²) in [4.78, 5) is 0. The molecule has 0 fully saturated rings. The van der Waals surface area contributed by atoms with Crippen LogP contribution in [-0.2, 0) is 0 Å². The molecule has 1 heterocycles. The SMILES string of the molecule is CNN1CC=CCC1. The zero-order valence-corrected chi connectivity index (χ0v) is 5.22. The van der Waals surface area contributed by atoms with E-state index in [1.807, 2.05) is 7.05 Å². The van der Waals surface area contributed by atoms with Crippen LogP contribution in [0.5, 0.6) is 0 Å². The van der Waals surface area contributed by atoms with Crippen LogP contribution in [0.3, 0.4) is 0 Å². The van der Waals surface area contributed by atoms with Crippen molar-refractivity contribution in [2.24, 2.45) is 0 Å². The van der Waals surface area contributed by atoms with Crippen LogP contribution < -0.4 is 5.43 Å². The summed E-state index contributed by atoms with van der Waals surface area (Å²) in [5, 5.41) is 2.18. The van der Waals surface area contributed by atoms with Crippen LogP contribution in [0.1, 0.15) is 6.42 Å². The summed E-state index contributed by atoms with van der Waals surface area (Å²) in [6.07, 6.45) is 5.58. The summed E-state index contributed by atoms with van der Waals surface area (Å²) in [5.74, 6) is 0. The van der Waals surface area contributed by atoms with Crippen LogP contribution in [0.15, 0.2) is 12.2 Å². The van der Waals surface area contributed by atoms with Gasteiger partial charge in [-0.1, -0.05) is 12.2 Å². The van der Waals surface area contributed by atoms with Crippen molar-refractivity contribution in [3.63, 3.8) is 0 Å². The minimum atomic E-state index is 1.05. The second-order valence-corrected chi connectivity index (χ2v) is 1.93. The van der Waals surface area contributed by atoms with Gasteiger partial charge in [-0.05, 0) is 13.5 Å². The molecule has 1 N–H and O–H groups in total. The number of nitrogens with zero attached hydrogens (tertiary/aromatic N) is 1. The molecule has 1 aliphatic rings. The minimum Gasteiger partial charge on any atom is -0.258 e. The molecule has 0 saturated heterocycles. The van der Waals surface area contributed by atoms with Crippen LogP contribution >= 0.6 is 0 Å². The molecule has 0 spiro atoms. The van der Waals surface area contributed by atoms with Gasteiger partial charge in [0.15, 0.2) is 0 Å². The standard InChI is InChI=1S/C6H12N2/c1-7-8-5-3-2-4-6-8/h2-3,7H,4-6H2,1H3. The highest BCUT2D eigenvalue weighted by atomic mass is 15.5. The van der Waals surface area contributed by atoms with Gasteiger partial charge in [0.1, 0.15) is 0 Å². The van der Waals surface area contributed by atoms with Gasteiger partial charge >= 0.3 is 0 Å². The van der Waals surface area contributed by atoms with Gasteiger partial charge in [0.2, 0.25) is 0 Å². The maximum absolute atomic E-state index is 3.09. The lowest BCUT2D eigenvalue weighted by atomic mass is 10.3. The molecular formula is C6H12N2. The Hall–Kier alpha value is -0.340. The number of hydrogen-bond acceptors (Lipinski definition) is 2. The van der Waals surface area contributed by atoms with Gasteiger partial charge < -0.3 is 0 Å². The summed E-state index contributed by atoms with van der Waals surface area (Å²) in [7, 11) is 1.96. The van der Waals surface area contributed by atoms with Gasteiger partial charge in [-0.2, -0.15) is 0 Å². The summed E-state index contributed by atoms with van der Waals surface area (Å²) >= 11 is 0. The average molecular weight is 112 g/mol. The first-order chi connectivity index (χ1) is 3.93. The Morgan fingerprint density at radius 2 is 2.38 bits per heavy atom. The molecule has 0 saturated carbocycles. The third-order valence-corrected chi connectivity index (χ3v) is 1.37. The zero-order chi connectivity index (χ0) is 5.82.